The lowest BCUT2D eigenvalue weighted by Crippen LogP contribution is -2.58. The van der Waals surface area contributed by atoms with Crippen LogP contribution in [0.25, 0.3) is 0 Å². The first-order chi connectivity index (χ1) is 11.1. The van der Waals surface area contributed by atoms with Crippen LogP contribution in [0.5, 0.6) is 0 Å². The highest BCUT2D eigenvalue weighted by molar-refractivity contribution is 5.89. The third-order valence-corrected chi connectivity index (χ3v) is 5.11. The van der Waals surface area contributed by atoms with E-state index in [1.54, 1.807) is 7.11 Å². The third kappa shape index (κ3) is 2.77. The molecule has 0 unspecified atom stereocenters. The normalized spacial score (nSPS) is 27.3. The molecule has 126 valence electrons. The lowest BCUT2D eigenvalue weighted by molar-refractivity contribution is -0.153. The molecule has 2 atom stereocenters. The molecule has 0 aromatic heterocycles. The summed E-state index contributed by atoms with van der Waals surface area (Å²) in [5.41, 5.74) is 1.90. The van der Waals surface area contributed by atoms with E-state index in [-0.39, 0.29) is 12.0 Å². The van der Waals surface area contributed by atoms with E-state index < -0.39 is 5.54 Å². The molecule has 1 fully saturated rings. The highest BCUT2D eigenvalue weighted by Gasteiger charge is 2.49. The van der Waals surface area contributed by atoms with Crippen LogP contribution in [0, 0.1) is 0 Å². The van der Waals surface area contributed by atoms with Gasteiger partial charge in [0.05, 0.1) is 19.3 Å². The molecule has 5 nitrogen and oxygen atoms in total. The molecule has 0 N–H and O–H groups in total. The molecule has 2 aliphatic rings. The zero-order valence-corrected chi connectivity index (χ0v) is 14.2. The van der Waals surface area contributed by atoms with Gasteiger partial charge in [0.15, 0.2) is 0 Å². The van der Waals surface area contributed by atoms with Gasteiger partial charge in [0.2, 0.25) is 5.91 Å². The number of rotatable bonds is 4. The number of likely N-dealkylation sites (N-methyl/N-ethyl adjacent to an activating group) is 1. The van der Waals surface area contributed by atoms with E-state index in [1.165, 1.54) is 5.56 Å². The van der Waals surface area contributed by atoms with Gasteiger partial charge in [-0.3, -0.25) is 9.69 Å². The summed E-state index contributed by atoms with van der Waals surface area (Å²) < 4.78 is 10.9. The lowest BCUT2D eigenvalue weighted by Gasteiger charge is -2.42. The molecular weight excluding hydrogens is 292 g/mol. The predicted octanol–water partition coefficient (Wildman–Crippen LogP) is 1.26. The van der Waals surface area contributed by atoms with Crippen molar-refractivity contribution >= 4 is 5.91 Å². The number of hydrogen-bond donors (Lipinski definition) is 0. The van der Waals surface area contributed by atoms with Gasteiger partial charge in [-0.05, 0) is 38.1 Å². The highest BCUT2D eigenvalue weighted by Crippen LogP contribution is 2.42. The Morgan fingerprint density at radius 3 is 2.96 bits per heavy atom. The number of carbonyl (C=O) groups excluding carboxylic acids is 1. The van der Waals surface area contributed by atoms with Crippen LogP contribution in [0.1, 0.15) is 17.5 Å². The van der Waals surface area contributed by atoms with Crippen LogP contribution in [0.2, 0.25) is 0 Å². The van der Waals surface area contributed by atoms with Gasteiger partial charge in [-0.1, -0.05) is 24.3 Å². The van der Waals surface area contributed by atoms with E-state index in [4.69, 9.17) is 9.47 Å². The van der Waals surface area contributed by atoms with Crippen molar-refractivity contribution < 1.29 is 14.3 Å². The summed E-state index contributed by atoms with van der Waals surface area (Å²) in [6.45, 7) is 2.35. The molecule has 1 aromatic carbocycles. The Balaban J connectivity index is 1.89. The van der Waals surface area contributed by atoms with Gasteiger partial charge < -0.3 is 14.4 Å². The van der Waals surface area contributed by atoms with E-state index in [1.807, 2.05) is 25.1 Å². The summed E-state index contributed by atoms with van der Waals surface area (Å²) in [6.07, 6.45) is 1.75. The molecule has 1 aliphatic carbocycles. The van der Waals surface area contributed by atoms with Crippen LogP contribution in [0.3, 0.4) is 0 Å². The van der Waals surface area contributed by atoms with E-state index in [2.05, 4.69) is 23.1 Å². The third-order valence-electron chi connectivity index (χ3n) is 5.11. The first-order valence-electron chi connectivity index (χ1n) is 8.25. The predicted molar refractivity (Wildman–Crippen MR) is 88.3 cm³/mol. The van der Waals surface area contributed by atoms with Crippen LogP contribution in [0.15, 0.2) is 24.3 Å². The molecule has 0 spiro atoms. The molecule has 23 heavy (non-hydrogen) atoms. The summed E-state index contributed by atoms with van der Waals surface area (Å²) in [7, 11) is 5.68. The largest absolute Gasteiger partial charge is 0.382 e. The Hall–Kier alpha value is -1.43. The van der Waals surface area contributed by atoms with Gasteiger partial charge in [-0.15, -0.1) is 0 Å². The topological polar surface area (TPSA) is 42.0 Å². The fourth-order valence-electron chi connectivity index (χ4n) is 3.92. The first-order valence-corrected chi connectivity index (χ1v) is 8.25. The molecule has 1 saturated heterocycles. The number of amides is 1. The van der Waals surface area contributed by atoms with Crippen molar-refractivity contribution in [3.63, 3.8) is 0 Å². The van der Waals surface area contributed by atoms with E-state index in [0.717, 1.165) is 18.4 Å². The summed E-state index contributed by atoms with van der Waals surface area (Å²) in [6, 6.07) is 8.33. The van der Waals surface area contributed by atoms with Crippen LogP contribution in [-0.2, 0) is 26.2 Å². The number of hydrogen-bond acceptors (Lipinski definition) is 4. The zero-order chi connectivity index (χ0) is 16.4. The van der Waals surface area contributed by atoms with Crippen molar-refractivity contribution in [2.45, 2.75) is 24.5 Å². The van der Waals surface area contributed by atoms with Gasteiger partial charge in [0.1, 0.15) is 5.54 Å². The molecule has 0 radical (unpaired) electrons. The highest BCUT2D eigenvalue weighted by atomic mass is 16.5. The van der Waals surface area contributed by atoms with Crippen molar-refractivity contribution in [3.05, 3.63) is 35.4 Å². The van der Waals surface area contributed by atoms with Gasteiger partial charge in [-0.2, -0.15) is 0 Å². The number of carbonyl (C=O) groups is 1. The number of benzene rings is 1. The van der Waals surface area contributed by atoms with Gasteiger partial charge in [-0.25, -0.2) is 0 Å². The standard InChI is InChI=1S/C18H26N2O3/c1-19(2)18(9-8-14-6-4-5-7-16(14)18)17(21)20-10-11-23-15(12-20)13-22-3/h4-7,15H,8-13H2,1-3H3/t15-,18+/m1/s1. The average Bonchev–Trinajstić information content (AvgIpc) is 2.95. The van der Waals surface area contributed by atoms with Crippen molar-refractivity contribution in [1.29, 1.82) is 0 Å². The number of fused-ring (bicyclic) bond motifs is 1. The summed E-state index contributed by atoms with van der Waals surface area (Å²) >= 11 is 0. The molecule has 1 heterocycles. The van der Waals surface area contributed by atoms with Crippen molar-refractivity contribution in [2.24, 2.45) is 0 Å². The lowest BCUT2D eigenvalue weighted by atomic mass is 9.88. The zero-order valence-electron chi connectivity index (χ0n) is 14.2. The van der Waals surface area contributed by atoms with Gasteiger partial charge in [0.25, 0.3) is 0 Å². The Bertz CT molecular complexity index is 573. The Labute approximate surface area is 138 Å². The second-order valence-electron chi connectivity index (χ2n) is 6.61. The maximum absolute atomic E-state index is 13.5. The summed E-state index contributed by atoms with van der Waals surface area (Å²) in [5.74, 6) is 0.192. The number of morpholine rings is 1. The molecule has 1 aromatic rings. The van der Waals surface area contributed by atoms with Crippen molar-refractivity contribution in [3.8, 4) is 0 Å². The molecule has 5 heteroatoms. The minimum absolute atomic E-state index is 0.0337. The summed E-state index contributed by atoms with van der Waals surface area (Å²) in [4.78, 5) is 17.5. The second kappa shape index (κ2) is 6.59. The van der Waals surface area contributed by atoms with Crippen molar-refractivity contribution in [1.82, 2.24) is 9.80 Å². The van der Waals surface area contributed by atoms with Gasteiger partial charge >= 0.3 is 0 Å². The number of methoxy groups -OCH3 is 1. The quantitative estimate of drug-likeness (QED) is 0.838. The van der Waals surface area contributed by atoms with Crippen LogP contribution in [-0.4, -0.2) is 69.3 Å². The molecule has 0 saturated carbocycles. The average molecular weight is 318 g/mol. The van der Waals surface area contributed by atoms with E-state index in [0.29, 0.717) is 26.3 Å². The number of ether oxygens (including phenoxy) is 2. The Morgan fingerprint density at radius 1 is 1.43 bits per heavy atom. The monoisotopic (exact) mass is 318 g/mol. The van der Waals surface area contributed by atoms with Crippen LogP contribution in [0.4, 0.5) is 0 Å². The smallest absolute Gasteiger partial charge is 0.247 e. The summed E-state index contributed by atoms with van der Waals surface area (Å²) in [5, 5.41) is 0. The SMILES string of the molecule is COC[C@H]1CN(C(=O)[C@]2(N(C)C)CCc3ccccc32)CCO1. The molecule has 1 aliphatic heterocycles. The van der Waals surface area contributed by atoms with Crippen LogP contribution >= 0.6 is 0 Å². The fourth-order valence-corrected chi connectivity index (χ4v) is 3.92. The number of nitrogens with zero attached hydrogens (tertiary/aromatic N) is 2. The molecular formula is C18H26N2O3. The fraction of sp³-hybridized carbons (Fsp3) is 0.611. The molecule has 1 amide bonds. The van der Waals surface area contributed by atoms with E-state index in [9.17, 15) is 4.79 Å². The van der Waals surface area contributed by atoms with Crippen molar-refractivity contribution in [2.75, 3.05) is 47.5 Å². The van der Waals surface area contributed by atoms with Gasteiger partial charge in [0, 0.05) is 20.2 Å². The first kappa shape index (κ1) is 16.4. The Kier molecular flexibility index (Phi) is 4.71. The maximum atomic E-state index is 13.5. The second-order valence-corrected chi connectivity index (χ2v) is 6.61. The van der Waals surface area contributed by atoms with Crippen LogP contribution < -0.4 is 0 Å². The number of aryl methyl sites for hydroxylation is 1. The van der Waals surface area contributed by atoms with E-state index >= 15 is 0 Å². The maximum Gasteiger partial charge on any atom is 0.247 e. The Morgan fingerprint density at radius 2 is 2.22 bits per heavy atom. The molecule has 0 bridgehead atoms. The molecule has 3 rings (SSSR count). The minimum atomic E-state index is -0.550. The minimum Gasteiger partial charge on any atom is -0.382 e.